The van der Waals surface area contributed by atoms with Gasteiger partial charge in [-0.05, 0) is 48.2 Å². The molecule has 128 valence electrons. The average Bonchev–Trinajstić information content (AvgIpc) is 3.14. The van der Waals surface area contributed by atoms with Crippen LogP contribution in [-0.2, 0) is 6.42 Å². The van der Waals surface area contributed by atoms with Crippen molar-refractivity contribution in [3.05, 3.63) is 62.3 Å². The molecular formula is C16H13FN4O2S2. The summed E-state index contributed by atoms with van der Waals surface area (Å²) in [7, 11) is 0. The van der Waals surface area contributed by atoms with E-state index in [4.69, 9.17) is 0 Å². The summed E-state index contributed by atoms with van der Waals surface area (Å²) < 4.78 is 15.4. The van der Waals surface area contributed by atoms with Crippen molar-refractivity contribution >= 4 is 28.8 Å². The van der Waals surface area contributed by atoms with Crippen LogP contribution < -0.4 is 0 Å². The molecule has 0 radical (unpaired) electrons. The molecule has 1 aliphatic rings. The first-order valence-electron chi connectivity index (χ1n) is 7.70. The Bertz CT molecular complexity index is 922. The number of nitro benzene ring substituents is 1. The molecule has 1 saturated carbocycles. The lowest BCUT2D eigenvalue weighted by molar-refractivity contribution is -0.387. The van der Waals surface area contributed by atoms with Crippen molar-refractivity contribution in [2.45, 2.75) is 35.4 Å². The number of aromatic nitrogens is 3. The van der Waals surface area contributed by atoms with E-state index in [-0.39, 0.29) is 5.69 Å². The highest BCUT2D eigenvalue weighted by Gasteiger charge is 2.31. The van der Waals surface area contributed by atoms with Crippen LogP contribution in [0, 0.1) is 15.9 Å². The van der Waals surface area contributed by atoms with Crippen LogP contribution in [0.4, 0.5) is 10.1 Å². The van der Waals surface area contributed by atoms with E-state index >= 15 is 0 Å². The number of halogens is 1. The third-order valence-corrected chi connectivity index (χ3v) is 5.78. The van der Waals surface area contributed by atoms with Crippen molar-refractivity contribution < 1.29 is 9.31 Å². The molecular weight excluding hydrogens is 363 g/mol. The zero-order valence-electron chi connectivity index (χ0n) is 13.0. The van der Waals surface area contributed by atoms with Gasteiger partial charge in [0.15, 0.2) is 5.16 Å². The third kappa shape index (κ3) is 3.42. The zero-order chi connectivity index (χ0) is 17.4. The maximum Gasteiger partial charge on any atom is 0.286 e. The van der Waals surface area contributed by atoms with Crippen LogP contribution in [0.5, 0.6) is 0 Å². The van der Waals surface area contributed by atoms with Crippen molar-refractivity contribution in [1.82, 2.24) is 14.8 Å². The second-order valence-electron chi connectivity index (χ2n) is 5.73. The maximum absolute atomic E-state index is 13.3. The van der Waals surface area contributed by atoms with E-state index in [1.165, 1.54) is 17.0 Å². The average molecular weight is 376 g/mol. The smallest absolute Gasteiger partial charge is 0.286 e. The summed E-state index contributed by atoms with van der Waals surface area (Å²) in [5.74, 6) is 0.232. The molecule has 2 aromatic heterocycles. The van der Waals surface area contributed by atoms with Gasteiger partial charge in [-0.15, -0.1) is 21.5 Å². The minimum absolute atomic E-state index is 0.254. The standard InChI is InChI=1S/C16H13FN4O2S2/c17-10-3-6-14(13(8-10)21(22)23)25-16-19-18-15(20(16)11-4-5-11)9-12-2-1-7-24-12/h1-3,6-8,11H,4-5,9H2. The number of rotatable bonds is 6. The van der Waals surface area contributed by atoms with Gasteiger partial charge in [-0.1, -0.05) is 6.07 Å². The van der Waals surface area contributed by atoms with Gasteiger partial charge in [-0.3, -0.25) is 10.1 Å². The molecule has 0 unspecified atom stereocenters. The van der Waals surface area contributed by atoms with Gasteiger partial charge in [0.25, 0.3) is 5.69 Å². The van der Waals surface area contributed by atoms with Crippen LogP contribution in [0.25, 0.3) is 0 Å². The molecule has 0 amide bonds. The van der Waals surface area contributed by atoms with E-state index in [0.29, 0.717) is 22.5 Å². The van der Waals surface area contributed by atoms with E-state index in [9.17, 15) is 14.5 Å². The van der Waals surface area contributed by atoms with E-state index < -0.39 is 10.7 Å². The van der Waals surface area contributed by atoms with Gasteiger partial charge < -0.3 is 4.57 Å². The molecule has 25 heavy (non-hydrogen) atoms. The molecule has 2 heterocycles. The Morgan fingerprint density at radius 1 is 1.36 bits per heavy atom. The lowest BCUT2D eigenvalue weighted by atomic mass is 10.3. The Labute approximate surface area is 150 Å². The highest BCUT2D eigenvalue weighted by atomic mass is 32.2. The predicted octanol–water partition coefficient (Wildman–Crippen LogP) is 4.46. The van der Waals surface area contributed by atoms with Crippen LogP contribution in [0.2, 0.25) is 0 Å². The zero-order valence-corrected chi connectivity index (χ0v) is 14.6. The molecule has 0 N–H and O–H groups in total. The fourth-order valence-electron chi connectivity index (χ4n) is 2.58. The van der Waals surface area contributed by atoms with E-state index in [1.54, 1.807) is 11.3 Å². The van der Waals surface area contributed by atoms with Crippen molar-refractivity contribution in [3.63, 3.8) is 0 Å². The highest BCUT2D eigenvalue weighted by Crippen LogP contribution is 2.42. The number of benzene rings is 1. The Morgan fingerprint density at radius 3 is 2.88 bits per heavy atom. The molecule has 3 aromatic rings. The second kappa shape index (κ2) is 6.57. The van der Waals surface area contributed by atoms with E-state index in [1.807, 2.05) is 17.5 Å². The molecule has 1 aromatic carbocycles. The summed E-state index contributed by atoms with van der Waals surface area (Å²) in [4.78, 5) is 12.2. The SMILES string of the molecule is O=[N+]([O-])c1cc(F)ccc1Sc1nnc(Cc2cccs2)n1C1CC1. The van der Waals surface area contributed by atoms with Crippen LogP contribution in [0.1, 0.15) is 29.6 Å². The first-order chi connectivity index (χ1) is 12.1. The Kier molecular flexibility index (Phi) is 4.26. The minimum Gasteiger partial charge on any atom is -0.302 e. The summed E-state index contributed by atoms with van der Waals surface area (Å²) in [6.07, 6.45) is 2.79. The van der Waals surface area contributed by atoms with Crippen LogP contribution >= 0.6 is 23.1 Å². The molecule has 0 aliphatic heterocycles. The van der Waals surface area contributed by atoms with Gasteiger partial charge in [0.05, 0.1) is 15.9 Å². The lowest BCUT2D eigenvalue weighted by Gasteiger charge is -2.08. The Morgan fingerprint density at radius 2 is 2.20 bits per heavy atom. The van der Waals surface area contributed by atoms with Crippen molar-refractivity contribution in [2.75, 3.05) is 0 Å². The number of nitrogens with zero attached hydrogens (tertiary/aromatic N) is 4. The molecule has 0 atom stereocenters. The summed E-state index contributed by atoms with van der Waals surface area (Å²) in [6.45, 7) is 0. The monoisotopic (exact) mass is 376 g/mol. The van der Waals surface area contributed by atoms with Gasteiger partial charge in [0, 0.05) is 17.3 Å². The largest absolute Gasteiger partial charge is 0.302 e. The van der Waals surface area contributed by atoms with Crippen molar-refractivity contribution in [3.8, 4) is 0 Å². The summed E-state index contributed by atoms with van der Waals surface area (Å²) in [5.41, 5.74) is -0.254. The van der Waals surface area contributed by atoms with Crippen molar-refractivity contribution in [2.24, 2.45) is 0 Å². The normalized spacial score (nSPS) is 14.0. The second-order valence-corrected chi connectivity index (χ2v) is 7.77. The minimum atomic E-state index is -0.627. The van der Waals surface area contributed by atoms with E-state index in [2.05, 4.69) is 14.8 Å². The quantitative estimate of drug-likeness (QED) is 0.469. The molecule has 4 rings (SSSR count). The molecule has 1 aliphatic carbocycles. The lowest BCUT2D eigenvalue weighted by Crippen LogP contribution is -2.03. The Balaban J connectivity index is 1.67. The van der Waals surface area contributed by atoms with Gasteiger partial charge in [-0.2, -0.15) is 0 Å². The predicted molar refractivity (Wildman–Crippen MR) is 92.6 cm³/mol. The van der Waals surface area contributed by atoms with Crippen molar-refractivity contribution in [1.29, 1.82) is 0 Å². The van der Waals surface area contributed by atoms with Gasteiger partial charge in [0.1, 0.15) is 11.6 Å². The first kappa shape index (κ1) is 16.2. The molecule has 0 saturated heterocycles. The molecule has 0 bridgehead atoms. The fraction of sp³-hybridized carbons (Fsp3) is 0.250. The fourth-order valence-corrected chi connectivity index (χ4v) is 4.29. The van der Waals surface area contributed by atoms with Crippen LogP contribution in [0.15, 0.2) is 45.8 Å². The topological polar surface area (TPSA) is 73.8 Å². The van der Waals surface area contributed by atoms with Gasteiger partial charge in [-0.25, -0.2) is 4.39 Å². The Hall–Kier alpha value is -2.26. The summed E-state index contributed by atoms with van der Waals surface area (Å²) >= 11 is 2.82. The molecule has 0 spiro atoms. The third-order valence-electron chi connectivity index (χ3n) is 3.88. The molecule has 1 fully saturated rings. The van der Waals surface area contributed by atoms with Gasteiger partial charge in [0.2, 0.25) is 0 Å². The maximum atomic E-state index is 13.3. The summed E-state index contributed by atoms with van der Waals surface area (Å²) in [5, 5.41) is 22.4. The highest BCUT2D eigenvalue weighted by molar-refractivity contribution is 7.99. The van der Waals surface area contributed by atoms with Crippen LogP contribution in [0.3, 0.4) is 0 Å². The number of nitro groups is 1. The van der Waals surface area contributed by atoms with E-state index in [0.717, 1.165) is 36.5 Å². The number of hydrogen-bond acceptors (Lipinski definition) is 6. The number of thiophene rings is 1. The molecule has 6 nitrogen and oxygen atoms in total. The summed E-state index contributed by atoms with van der Waals surface area (Å²) in [6, 6.07) is 7.96. The first-order valence-corrected chi connectivity index (χ1v) is 9.39. The number of hydrogen-bond donors (Lipinski definition) is 0. The van der Waals surface area contributed by atoms with Gasteiger partial charge >= 0.3 is 0 Å². The molecule has 9 heteroatoms. The van der Waals surface area contributed by atoms with Crippen LogP contribution in [-0.4, -0.2) is 19.7 Å².